The third kappa shape index (κ3) is 3.78. The van der Waals surface area contributed by atoms with Crippen molar-refractivity contribution in [1.82, 2.24) is 10.3 Å². The molecule has 1 aliphatic rings. The number of anilines is 1. The number of hydrogen-bond donors (Lipinski definition) is 2. The summed E-state index contributed by atoms with van der Waals surface area (Å²) >= 11 is 6.10. The number of halogens is 1. The zero-order valence-electron chi connectivity index (χ0n) is 14.5. The molecule has 2 amide bonds. The Bertz CT molecular complexity index is 1020. The Morgan fingerprint density at radius 2 is 1.78 bits per heavy atom. The second kappa shape index (κ2) is 7.37. The number of nitrogens with one attached hydrogen (secondary N) is 2. The Hall–Kier alpha value is -2.92. The van der Waals surface area contributed by atoms with Crippen molar-refractivity contribution in [2.45, 2.75) is 13.0 Å². The number of carbonyl (C=O) groups excluding carboxylic acids is 2. The van der Waals surface area contributed by atoms with E-state index in [1.54, 1.807) is 12.3 Å². The highest BCUT2D eigenvalue weighted by atomic mass is 35.5. The van der Waals surface area contributed by atoms with Gasteiger partial charge in [-0.25, -0.2) is 0 Å². The molecule has 1 fully saturated rings. The number of amides is 2. The van der Waals surface area contributed by atoms with Crippen molar-refractivity contribution in [3.05, 3.63) is 71.4 Å². The third-order valence-electron chi connectivity index (χ3n) is 4.77. The van der Waals surface area contributed by atoms with Crippen LogP contribution >= 0.6 is 11.6 Å². The van der Waals surface area contributed by atoms with Crippen LogP contribution in [0.2, 0.25) is 5.02 Å². The van der Waals surface area contributed by atoms with Crippen LogP contribution in [0, 0.1) is 11.8 Å². The molecule has 1 aliphatic carbocycles. The topological polar surface area (TPSA) is 71.1 Å². The standard InChI is InChI=1S/C21H18ClN3O2/c22-17-8-2-1-5-14(17)12-24-20(26)15-11-16(15)21(27)25-18-9-3-6-13-7-4-10-23-19(13)18/h1-10,15-16H,11-12H2,(H,24,26)(H,25,27). The summed E-state index contributed by atoms with van der Waals surface area (Å²) in [6.45, 7) is 0.358. The van der Waals surface area contributed by atoms with Gasteiger partial charge in [0.1, 0.15) is 0 Å². The Labute approximate surface area is 161 Å². The number of benzene rings is 2. The van der Waals surface area contributed by atoms with Crippen LogP contribution in [-0.2, 0) is 16.1 Å². The molecule has 0 spiro atoms. The van der Waals surface area contributed by atoms with Gasteiger partial charge in [0, 0.05) is 23.2 Å². The molecule has 27 heavy (non-hydrogen) atoms. The minimum atomic E-state index is -0.310. The number of hydrogen-bond acceptors (Lipinski definition) is 3. The minimum Gasteiger partial charge on any atom is -0.352 e. The second-order valence-electron chi connectivity index (χ2n) is 6.63. The summed E-state index contributed by atoms with van der Waals surface area (Å²) in [7, 11) is 0. The van der Waals surface area contributed by atoms with Crippen LogP contribution in [0.4, 0.5) is 5.69 Å². The maximum atomic E-state index is 12.5. The fourth-order valence-electron chi connectivity index (χ4n) is 3.16. The first-order chi connectivity index (χ1) is 13.1. The Morgan fingerprint density at radius 3 is 2.63 bits per heavy atom. The van der Waals surface area contributed by atoms with Crippen LogP contribution in [-0.4, -0.2) is 16.8 Å². The van der Waals surface area contributed by atoms with Crippen molar-refractivity contribution >= 4 is 40.0 Å². The molecule has 0 saturated heterocycles. The van der Waals surface area contributed by atoms with E-state index >= 15 is 0 Å². The monoisotopic (exact) mass is 379 g/mol. The van der Waals surface area contributed by atoms with E-state index in [-0.39, 0.29) is 23.7 Å². The summed E-state index contributed by atoms with van der Waals surface area (Å²) in [4.78, 5) is 29.2. The lowest BCUT2D eigenvalue weighted by Gasteiger charge is -2.08. The highest BCUT2D eigenvalue weighted by Crippen LogP contribution is 2.40. The van der Waals surface area contributed by atoms with Gasteiger partial charge in [0.2, 0.25) is 11.8 Å². The lowest BCUT2D eigenvalue weighted by atomic mass is 10.2. The number of para-hydroxylation sites is 1. The average Bonchev–Trinajstić information content (AvgIpc) is 3.49. The summed E-state index contributed by atoms with van der Waals surface area (Å²) < 4.78 is 0. The highest BCUT2D eigenvalue weighted by Gasteiger charge is 2.48. The van der Waals surface area contributed by atoms with E-state index in [4.69, 9.17) is 11.6 Å². The predicted octanol–water partition coefficient (Wildman–Crippen LogP) is 3.78. The molecule has 1 saturated carbocycles. The molecule has 2 N–H and O–H groups in total. The molecule has 2 atom stereocenters. The van der Waals surface area contributed by atoms with E-state index in [1.165, 1.54) is 0 Å². The largest absolute Gasteiger partial charge is 0.352 e. The zero-order valence-corrected chi connectivity index (χ0v) is 15.2. The van der Waals surface area contributed by atoms with Crippen molar-refractivity contribution in [2.75, 3.05) is 5.32 Å². The van der Waals surface area contributed by atoms with E-state index in [9.17, 15) is 9.59 Å². The lowest BCUT2D eigenvalue weighted by molar-refractivity contribution is -0.125. The molecule has 136 valence electrons. The maximum Gasteiger partial charge on any atom is 0.228 e. The van der Waals surface area contributed by atoms with Crippen LogP contribution < -0.4 is 10.6 Å². The van der Waals surface area contributed by atoms with E-state index in [0.717, 1.165) is 16.5 Å². The van der Waals surface area contributed by atoms with Gasteiger partial charge in [-0.1, -0.05) is 48.0 Å². The van der Waals surface area contributed by atoms with E-state index in [2.05, 4.69) is 15.6 Å². The first-order valence-electron chi connectivity index (χ1n) is 8.79. The smallest absolute Gasteiger partial charge is 0.228 e. The molecule has 2 unspecified atom stereocenters. The number of fused-ring (bicyclic) bond motifs is 1. The zero-order chi connectivity index (χ0) is 18.8. The van der Waals surface area contributed by atoms with Gasteiger partial charge in [-0.05, 0) is 30.2 Å². The summed E-state index contributed by atoms with van der Waals surface area (Å²) in [6, 6.07) is 16.8. The van der Waals surface area contributed by atoms with E-state index in [1.807, 2.05) is 48.5 Å². The molecule has 0 radical (unpaired) electrons. The summed E-state index contributed by atoms with van der Waals surface area (Å²) in [5.41, 5.74) is 2.27. The van der Waals surface area contributed by atoms with Gasteiger partial charge in [0.05, 0.1) is 23.0 Å². The van der Waals surface area contributed by atoms with E-state index in [0.29, 0.717) is 23.7 Å². The maximum absolute atomic E-state index is 12.5. The Kier molecular flexibility index (Phi) is 4.77. The Balaban J connectivity index is 1.36. The number of carbonyl (C=O) groups is 2. The van der Waals surface area contributed by atoms with Crippen molar-refractivity contribution in [1.29, 1.82) is 0 Å². The van der Waals surface area contributed by atoms with Crippen LogP contribution in [0.3, 0.4) is 0 Å². The molecular formula is C21H18ClN3O2. The van der Waals surface area contributed by atoms with Gasteiger partial charge in [-0.15, -0.1) is 0 Å². The molecule has 6 heteroatoms. The van der Waals surface area contributed by atoms with Gasteiger partial charge in [0.25, 0.3) is 0 Å². The lowest BCUT2D eigenvalue weighted by Crippen LogP contribution is -2.27. The summed E-state index contributed by atoms with van der Waals surface area (Å²) in [5.74, 6) is -0.872. The fraction of sp³-hybridized carbons (Fsp3) is 0.190. The van der Waals surface area contributed by atoms with E-state index < -0.39 is 0 Å². The first-order valence-corrected chi connectivity index (χ1v) is 9.17. The highest BCUT2D eigenvalue weighted by molar-refractivity contribution is 6.31. The van der Waals surface area contributed by atoms with Crippen LogP contribution in [0.15, 0.2) is 60.8 Å². The SMILES string of the molecule is O=C(NCc1ccccc1Cl)C1CC1C(=O)Nc1cccc2cccnc12. The summed E-state index contributed by atoms with van der Waals surface area (Å²) in [6.07, 6.45) is 2.25. The molecule has 4 rings (SSSR count). The quantitative estimate of drug-likeness (QED) is 0.708. The van der Waals surface area contributed by atoms with Gasteiger partial charge >= 0.3 is 0 Å². The fourth-order valence-corrected chi connectivity index (χ4v) is 3.36. The third-order valence-corrected chi connectivity index (χ3v) is 5.13. The molecule has 2 aromatic carbocycles. The minimum absolute atomic E-state index is 0.119. The summed E-state index contributed by atoms with van der Waals surface area (Å²) in [5, 5.41) is 7.35. The second-order valence-corrected chi connectivity index (χ2v) is 7.04. The van der Waals surface area contributed by atoms with Gasteiger partial charge in [0.15, 0.2) is 0 Å². The molecule has 0 aliphatic heterocycles. The molecule has 5 nitrogen and oxygen atoms in total. The number of aromatic nitrogens is 1. The first kappa shape index (κ1) is 17.5. The number of nitrogens with zero attached hydrogens (tertiary/aromatic N) is 1. The molecule has 3 aromatic rings. The average molecular weight is 380 g/mol. The number of rotatable bonds is 5. The molecule has 1 aromatic heterocycles. The van der Waals surface area contributed by atoms with Crippen molar-refractivity contribution in [2.24, 2.45) is 11.8 Å². The normalized spacial score (nSPS) is 18.1. The molecule has 1 heterocycles. The predicted molar refractivity (Wildman–Crippen MR) is 105 cm³/mol. The van der Waals surface area contributed by atoms with Gasteiger partial charge < -0.3 is 10.6 Å². The molecule has 0 bridgehead atoms. The van der Waals surface area contributed by atoms with Crippen molar-refractivity contribution in [3.63, 3.8) is 0 Å². The van der Waals surface area contributed by atoms with Crippen LogP contribution in [0.1, 0.15) is 12.0 Å². The number of pyridine rings is 1. The van der Waals surface area contributed by atoms with Crippen molar-refractivity contribution < 1.29 is 9.59 Å². The Morgan fingerprint density at radius 1 is 1.00 bits per heavy atom. The van der Waals surface area contributed by atoms with Gasteiger partial charge in [-0.3, -0.25) is 14.6 Å². The van der Waals surface area contributed by atoms with Crippen LogP contribution in [0.5, 0.6) is 0 Å². The molecular weight excluding hydrogens is 362 g/mol. The van der Waals surface area contributed by atoms with Crippen molar-refractivity contribution in [3.8, 4) is 0 Å². The van der Waals surface area contributed by atoms with Crippen LogP contribution in [0.25, 0.3) is 10.9 Å². The van der Waals surface area contributed by atoms with Gasteiger partial charge in [-0.2, -0.15) is 0 Å².